The Bertz CT molecular complexity index is 439. The minimum absolute atomic E-state index is 0.354. The van der Waals surface area contributed by atoms with E-state index in [0.717, 1.165) is 9.13 Å². The fourth-order valence-electron chi connectivity index (χ4n) is 1.32. The number of carboxylic acid groups (broad SMARTS) is 1. The summed E-state index contributed by atoms with van der Waals surface area (Å²) in [7, 11) is 0. The van der Waals surface area contributed by atoms with Gasteiger partial charge in [-0.05, 0) is 52.3 Å². The number of aryl methyl sites for hydroxylation is 1. The maximum absolute atomic E-state index is 10.6. The second kappa shape index (κ2) is 5.82. The van der Waals surface area contributed by atoms with Crippen molar-refractivity contribution < 1.29 is 15.0 Å². The predicted octanol–water partition coefficient (Wildman–Crippen LogP) is 1.87. The van der Waals surface area contributed by atoms with Gasteiger partial charge in [-0.3, -0.25) is 0 Å². The van der Waals surface area contributed by atoms with E-state index in [1.807, 2.05) is 12.1 Å². The zero-order chi connectivity index (χ0) is 12.1. The van der Waals surface area contributed by atoms with Crippen molar-refractivity contribution in [2.75, 3.05) is 0 Å². The first-order valence-electron chi connectivity index (χ1n) is 4.62. The van der Waals surface area contributed by atoms with Crippen molar-refractivity contribution in [3.8, 4) is 6.07 Å². The highest BCUT2D eigenvalue weighted by molar-refractivity contribution is 14.1. The highest BCUT2D eigenvalue weighted by atomic mass is 127. The lowest BCUT2D eigenvalue weighted by atomic mass is 10.0. The first-order valence-corrected chi connectivity index (χ1v) is 5.69. The number of benzene rings is 1. The molecule has 0 saturated heterocycles. The van der Waals surface area contributed by atoms with E-state index in [9.17, 15) is 9.90 Å². The van der Waals surface area contributed by atoms with Gasteiger partial charge in [0.2, 0.25) is 0 Å². The SMILES string of the molecule is N#CCCc1cc(I)cc(C(O)C(=O)O)c1. The third-order valence-corrected chi connectivity index (χ3v) is 2.68. The average molecular weight is 331 g/mol. The van der Waals surface area contributed by atoms with Crippen molar-refractivity contribution in [2.24, 2.45) is 0 Å². The maximum Gasteiger partial charge on any atom is 0.337 e. The summed E-state index contributed by atoms with van der Waals surface area (Å²) in [4.78, 5) is 10.6. The number of rotatable bonds is 4. The Kier molecular flexibility index (Phi) is 4.71. The predicted molar refractivity (Wildman–Crippen MR) is 65.7 cm³/mol. The molecule has 0 fully saturated rings. The van der Waals surface area contributed by atoms with Crippen LogP contribution in [0.4, 0.5) is 0 Å². The van der Waals surface area contributed by atoms with Gasteiger partial charge in [0.15, 0.2) is 6.10 Å². The molecule has 0 heterocycles. The molecule has 1 rings (SSSR count). The Labute approximate surface area is 107 Å². The molecule has 0 aliphatic carbocycles. The number of halogens is 1. The summed E-state index contributed by atoms with van der Waals surface area (Å²) in [6.45, 7) is 0. The fourth-order valence-corrected chi connectivity index (χ4v) is 2.08. The summed E-state index contributed by atoms with van der Waals surface area (Å²) in [5.41, 5.74) is 1.22. The van der Waals surface area contributed by atoms with Crippen LogP contribution in [-0.4, -0.2) is 16.2 Å². The Morgan fingerprint density at radius 2 is 2.19 bits per heavy atom. The van der Waals surface area contributed by atoms with Crippen molar-refractivity contribution >= 4 is 28.6 Å². The fraction of sp³-hybridized carbons (Fsp3) is 0.273. The van der Waals surface area contributed by atoms with E-state index < -0.39 is 12.1 Å². The van der Waals surface area contributed by atoms with Crippen molar-refractivity contribution in [3.05, 3.63) is 32.9 Å². The molecule has 0 aromatic heterocycles. The van der Waals surface area contributed by atoms with E-state index in [0.29, 0.717) is 18.4 Å². The monoisotopic (exact) mass is 331 g/mol. The Morgan fingerprint density at radius 3 is 2.75 bits per heavy atom. The Balaban J connectivity index is 2.98. The number of nitrogens with zero attached hydrogens (tertiary/aromatic N) is 1. The van der Waals surface area contributed by atoms with E-state index >= 15 is 0 Å². The smallest absolute Gasteiger partial charge is 0.337 e. The minimum Gasteiger partial charge on any atom is -0.479 e. The van der Waals surface area contributed by atoms with Gasteiger partial charge < -0.3 is 10.2 Å². The molecule has 0 saturated carbocycles. The van der Waals surface area contributed by atoms with Crippen molar-refractivity contribution in [3.63, 3.8) is 0 Å². The van der Waals surface area contributed by atoms with E-state index in [4.69, 9.17) is 10.4 Å². The van der Waals surface area contributed by atoms with Gasteiger partial charge in [-0.2, -0.15) is 5.26 Å². The van der Waals surface area contributed by atoms with Gasteiger partial charge in [0.05, 0.1) is 6.07 Å². The number of aliphatic hydroxyl groups is 1. The van der Waals surface area contributed by atoms with Gasteiger partial charge in [-0.1, -0.05) is 6.07 Å². The molecule has 4 nitrogen and oxygen atoms in total. The molecule has 0 bridgehead atoms. The van der Waals surface area contributed by atoms with Gasteiger partial charge >= 0.3 is 5.97 Å². The molecule has 1 unspecified atom stereocenters. The summed E-state index contributed by atoms with van der Waals surface area (Å²) in [6.07, 6.45) is -0.564. The second-order valence-electron chi connectivity index (χ2n) is 3.29. The highest BCUT2D eigenvalue weighted by Crippen LogP contribution is 2.19. The number of hydrogen-bond donors (Lipinski definition) is 2. The van der Waals surface area contributed by atoms with Gasteiger partial charge in [0, 0.05) is 9.99 Å². The van der Waals surface area contributed by atoms with Gasteiger partial charge in [-0.15, -0.1) is 0 Å². The van der Waals surface area contributed by atoms with E-state index in [2.05, 4.69) is 22.6 Å². The van der Waals surface area contributed by atoms with Crippen molar-refractivity contribution in [1.82, 2.24) is 0 Å². The van der Waals surface area contributed by atoms with Crippen LogP contribution in [0.5, 0.6) is 0 Å². The third kappa shape index (κ3) is 3.47. The van der Waals surface area contributed by atoms with Gasteiger partial charge in [0.25, 0.3) is 0 Å². The third-order valence-electron chi connectivity index (χ3n) is 2.06. The molecular formula is C11H10INO3. The number of aliphatic hydroxyl groups excluding tert-OH is 1. The summed E-state index contributed by atoms with van der Waals surface area (Å²) in [6, 6.07) is 7.14. The molecule has 0 spiro atoms. The van der Waals surface area contributed by atoms with Crippen LogP contribution in [0.1, 0.15) is 23.7 Å². The standard InChI is InChI=1S/C11H10INO3/c12-9-5-7(2-1-3-13)4-8(6-9)10(14)11(15)16/h4-6,10,14H,1-2H2,(H,15,16). The zero-order valence-corrected chi connectivity index (χ0v) is 10.5. The minimum atomic E-state index is -1.50. The number of carbonyl (C=O) groups is 1. The van der Waals surface area contributed by atoms with Crippen molar-refractivity contribution in [1.29, 1.82) is 5.26 Å². The molecule has 0 amide bonds. The number of aliphatic carboxylic acids is 1. The lowest BCUT2D eigenvalue weighted by Gasteiger charge is -2.08. The van der Waals surface area contributed by atoms with Crippen LogP contribution in [0.25, 0.3) is 0 Å². The summed E-state index contributed by atoms with van der Waals surface area (Å²) in [5.74, 6) is -1.27. The lowest BCUT2D eigenvalue weighted by Crippen LogP contribution is -2.11. The molecule has 0 aliphatic heterocycles. The molecule has 1 aromatic carbocycles. The van der Waals surface area contributed by atoms with Crippen LogP contribution in [0.3, 0.4) is 0 Å². The van der Waals surface area contributed by atoms with Crippen LogP contribution < -0.4 is 0 Å². The summed E-state index contributed by atoms with van der Waals surface area (Å²) < 4.78 is 0.850. The number of hydrogen-bond acceptors (Lipinski definition) is 3. The Hall–Kier alpha value is -1.13. The van der Waals surface area contributed by atoms with Crippen LogP contribution in [0.15, 0.2) is 18.2 Å². The van der Waals surface area contributed by atoms with Gasteiger partial charge in [0.1, 0.15) is 0 Å². The van der Waals surface area contributed by atoms with Gasteiger partial charge in [-0.25, -0.2) is 4.79 Å². The molecular weight excluding hydrogens is 321 g/mol. The topological polar surface area (TPSA) is 81.3 Å². The molecule has 16 heavy (non-hydrogen) atoms. The highest BCUT2D eigenvalue weighted by Gasteiger charge is 2.16. The number of nitriles is 1. The Morgan fingerprint density at radius 1 is 1.50 bits per heavy atom. The molecule has 84 valence electrons. The number of carboxylic acids is 1. The van der Waals surface area contributed by atoms with E-state index in [-0.39, 0.29) is 0 Å². The van der Waals surface area contributed by atoms with Crippen molar-refractivity contribution in [2.45, 2.75) is 18.9 Å². The van der Waals surface area contributed by atoms with Crippen LogP contribution in [-0.2, 0) is 11.2 Å². The zero-order valence-electron chi connectivity index (χ0n) is 8.35. The first-order chi connectivity index (χ1) is 7.54. The molecule has 0 aliphatic rings. The van der Waals surface area contributed by atoms with E-state index in [1.165, 1.54) is 0 Å². The maximum atomic E-state index is 10.6. The molecule has 1 atom stereocenters. The molecule has 0 radical (unpaired) electrons. The molecule has 2 N–H and O–H groups in total. The van der Waals surface area contributed by atoms with Crippen LogP contribution >= 0.6 is 22.6 Å². The molecule has 5 heteroatoms. The summed E-state index contributed by atoms with van der Waals surface area (Å²) in [5, 5.41) is 26.6. The van der Waals surface area contributed by atoms with E-state index in [1.54, 1.807) is 12.1 Å². The first kappa shape index (κ1) is 12.9. The summed E-state index contributed by atoms with van der Waals surface area (Å²) >= 11 is 2.05. The lowest BCUT2D eigenvalue weighted by molar-refractivity contribution is -0.146. The molecule has 1 aromatic rings. The van der Waals surface area contributed by atoms with Crippen LogP contribution in [0, 0.1) is 14.9 Å². The normalized spacial score (nSPS) is 11.8. The quantitative estimate of drug-likeness (QED) is 0.826. The second-order valence-corrected chi connectivity index (χ2v) is 4.54. The van der Waals surface area contributed by atoms with Crippen LogP contribution in [0.2, 0.25) is 0 Å². The largest absolute Gasteiger partial charge is 0.479 e. The average Bonchev–Trinajstić information content (AvgIpc) is 2.24.